The first kappa shape index (κ1) is 36.7. The van der Waals surface area contributed by atoms with Crippen LogP contribution in [0.1, 0.15) is 76.6 Å². The summed E-state index contributed by atoms with van der Waals surface area (Å²) in [5, 5.41) is 6.47. The Kier molecular flexibility index (Phi) is 10.8. The highest BCUT2D eigenvalue weighted by Crippen LogP contribution is 2.31. The van der Waals surface area contributed by atoms with Crippen molar-refractivity contribution in [3.63, 3.8) is 0 Å². The third kappa shape index (κ3) is 9.04. The van der Waals surface area contributed by atoms with Gasteiger partial charge in [0.25, 0.3) is 11.8 Å². The van der Waals surface area contributed by atoms with E-state index in [1.807, 2.05) is 39.0 Å². The molecule has 1 saturated heterocycles. The molecule has 2 atom stereocenters. The molecule has 0 saturated carbocycles. The summed E-state index contributed by atoms with van der Waals surface area (Å²) < 4.78 is 19.0. The Bertz CT molecular complexity index is 2130. The molecule has 11 heteroatoms. The number of halogens is 1. The van der Waals surface area contributed by atoms with E-state index >= 15 is 0 Å². The Morgan fingerprint density at radius 3 is 2.36 bits per heavy atom. The standard InChI is InChI=1S/C42H42FN5O5/c1-42(2,3)53-41(52)48-23-22-31(26-48)33-12-8-9-13-34(33)39(50)45-36-21-17-29-24-30(16-20-35(29)44-36)38(49)46-37(28-10-6-5-7-11-28)40(51)47(4)25-27-14-18-32(43)19-15-27/h5-21,24,31,37H,22-23,25-26H2,1-4H3,(H,46,49)(H,44,45,50). The number of aromatic nitrogens is 1. The number of anilines is 1. The smallest absolute Gasteiger partial charge is 0.410 e. The number of amides is 4. The average molecular weight is 716 g/mol. The number of carbonyl (C=O) groups is 4. The van der Waals surface area contributed by atoms with Gasteiger partial charge in [-0.1, -0.05) is 60.7 Å². The highest BCUT2D eigenvalue weighted by molar-refractivity contribution is 6.06. The normalized spacial score (nSPS) is 14.7. The van der Waals surface area contributed by atoms with E-state index < -0.39 is 17.6 Å². The number of pyridine rings is 1. The van der Waals surface area contributed by atoms with Crippen molar-refractivity contribution in [1.82, 2.24) is 20.1 Å². The number of benzene rings is 4. The number of fused-ring (bicyclic) bond motifs is 1. The second-order valence-corrected chi connectivity index (χ2v) is 14.2. The number of likely N-dealkylation sites (N-methyl/N-ethyl adjacent to an activating group) is 1. The van der Waals surface area contributed by atoms with Gasteiger partial charge < -0.3 is 25.2 Å². The van der Waals surface area contributed by atoms with Crippen LogP contribution in [0.4, 0.5) is 15.0 Å². The molecule has 1 aromatic heterocycles. The number of ether oxygens (including phenoxy) is 1. The van der Waals surface area contributed by atoms with E-state index in [0.717, 1.165) is 11.1 Å². The van der Waals surface area contributed by atoms with E-state index in [4.69, 9.17) is 4.74 Å². The number of likely N-dealkylation sites (tertiary alicyclic amines) is 1. The summed E-state index contributed by atoms with van der Waals surface area (Å²) in [7, 11) is 1.64. The first-order valence-corrected chi connectivity index (χ1v) is 17.5. The Balaban J connectivity index is 1.14. The van der Waals surface area contributed by atoms with Gasteiger partial charge in [-0.2, -0.15) is 0 Å². The van der Waals surface area contributed by atoms with Crippen LogP contribution in [0, 0.1) is 5.82 Å². The van der Waals surface area contributed by atoms with Gasteiger partial charge in [0.1, 0.15) is 23.3 Å². The molecule has 2 heterocycles. The van der Waals surface area contributed by atoms with Crippen LogP contribution < -0.4 is 10.6 Å². The van der Waals surface area contributed by atoms with Crippen LogP contribution in [-0.2, 0) is 16.1 Å². The fourth-order valence-electron chi connectivity index (χ4n) is 6.40. The molecule has 1 aliphatic heterocycles. The lowest BCUT2D eigenvalue weighted by atomic mass is 9.93. The first-order chi connectivity index (χ1) is 25.3. The molecule has 272 valence electrons. The number of nitrogens with zero attached hydrogens (tertiary/aromatic N) is 3. The summed E-state index contributed by atoms with van der Waals surface area (Å²) in [6, 6.07) is 29.7. The van der Waals surface area contributed by atoms with Crippen molar-refractivity contribution >= 4 is 40.5 Å². The summed E-state index contributed by atoms with van der Waals surface area (Å²) in [5.41, 5.74) is 3.02. The Morgan fingerprint density at radius 1 is 0.906 bits per heavy atom. The van der Waals surface area contributed by atoms with Gasteiger partial charge in [-0.3, -0.25) is 14.4 Å². The van der Waals surface area contributed by atoms with Crippen LogP contribution in [0.25, 0.3) is 10.9 Å². The van der Waals surface area contributed by atoms with Gasteiger partial charge in [0, 0.05) is 49.1 Å². The summed E-state index contributed by atoms with van der Waals surface area (Å²) in [5.74, 6) is -1.14. The Labute approximate surface area is 308 Å². The number of rotatable bonds is 9. The van der Waals surface area contributed by atoms with Crippen molar-refractivity contribution in [1.29, 1.82) is 0 Å². The van der Waals surface area contributed by atoms with Crippen LogP contribution in [-0.4, -0.2) is 64.3 Å². The van der Waals surface area contributed by atoms with Gasteiger partial charge in [-0.15, -0.1) is 0 Å². The molecule has 4 aromatic carbocycles. The highest BCUT2D eigenvalue weighted by Gasteiger charge is 2.32. The third-order valence-electron chi connectivity index (χ3n) is 9.04. The molecule has 2 unspecified atom stereocenters. The van der Waals surface area contributed by atoms with Crippen LogP contribution in [0.15, 0.2) is 109 Å². The van der Waals surface area contributed by atoms with E-state index in [1.165, 1.54) is 17.0 Å². The Hall–Kier alpha value is -6.10. The molecule has 53 heavy (non-hydrogen) atoms. The highest BCUT2D eigenvalue weighted by atomic mass is 19.1. The monoisotopic (exact) mass is 715 g/mol. The maximum atomic E-state index is 13.7. The minimum absolute atomic E-state index is 0.0226. The SMILES string of the molecule is CN(Cc1ccc(F)cc1)C(=O)C(NC(=O)c1ccc2nc(NC(=O)c3ccccc3C3CCN(C(=O)OC(C)(C)C)C3)ccc2c1)c1ccccc1. The van der Waals surface area contributed by atoms with Crippen LogP contribution in [0.3, 0.4) is 0 Å². The summed E-state index contributed by atoms with van der Waals surface area (Å²) in [6.45, 7) is 6.73. The van der Waals surface area contributed by atoms with Crippen molar-refractivity contribution < 1.29 is 28.3 Å². The van der Waals surface area contributed by atoms with Crippen LogP contribution >= 0.6 is 0 Å². The van der Waals surface area contributed by atoms with E-state index in [-0.39, 0.29) is 36.2 Å². The van der Waals surface area contributed by atoms with E-state index in [1.54, 1.807) is 90.8 Å². The van der Waals surface area contributed by atoms with Crippen molar-refractivity contribution in [2.24, 2.45) is 0 Å². The maximum absolute atomic E-state index is 13.7. The molecule has 10 nitrogen and oxygen atoms in total. The van der Waals surface area contributed by atoms with Gasteiger partial charge in [-0.25, -0.2) is 14.2 Å². The van der Waals surface area contributed by atoms with E-state index in [9.17, 15) is 23.6 Å². The van der Waals surface area contributed by atoms with Crippen molar-refractivity contribution in [2.75, 3.05) is 25.5 Å². The lowest BCUT2D eigenvalue weighted by molar-refractivity contribution is -0.132. The zero-order valence-electron chi connectivity index (χ0n) is 30.1. The van der Waals surface area contributed by atoms with Gasteiger partial charge in [0.05, 0.1) is 5.52 Å². The average Bonchev–Trinajstić information content (AvgIpc) is 3.65. The number of nitrogens with one attached hydrogen (secondary N) is 2. The molecule has 6 rings (SSSR count). The molecule has 2 N–H and O–H groups in total. The van der Waals surface area contributed by atoms with Gasteiger partial charge in [-0.05, 0) is 92.4 Å². The predicted molar refractivity (Wildman–Crippen MR) is 201 cm³/mol. The lowest BCUT2D eigenvalue weighted by Crippen LogP contribution is -2.41. The quantitative estimate of drug-likeness (QED) is 0.163. The number of hydrogen-bond donors (Lipinski definition) is 2. The number of carbonyl (C=O) groups excluding carboxylic acids is 4. The molecular formula is C42H42FN5O5. The molecule has 1 fully saturated rings. The third-order valence-corrected chi connectivity index (χ3v) is 9.04. The largest absolute Gasteiger partial charge is 0.444 e. The van der Waals surface area contributed by atoms with Gasteiger partial charge in [0.15, 0.2) is 0 Å². The summed E-state index contributed by atoms with van der Waals surface area (Å²) in [4.78, 5) is 61.3. The molecule has 0 radical (unpaired) electrons. The zero-order chi connectivity index (χ0) is 37.7. The second-order valence-electron chi connectivity index (χ2n) is 14.2. The predicted octanol–water partition coefficient (Wildman–Crippen LogP) is 7.48. The summed E-state index contributed by atoms with van der Waals surface area (Å²) >= 11 is 0. The second kappa shape index (κ2) is 15.6. The van der Waals surface area contributed by atoms with E-state index in [2.05, 4.69) is 15.6 Å². The maximum Gasteiger partial charge on any atom is 0.410 e. The molecular weight excluding hydrogens is 673 g/mol. The van der Waals surface area contributed by atoms with Gasteiger partial charge >= 0.3 is 6.09 Å². The zero-order valence-corrected chi connectivity index (χ0v) is 30.1. The molecule has 0 bridgehead atoms. The van der Waals surface area contributed by atoms with Crippen LogP contribution in [0.2, 0.25) is 0 Å². The van der Waals surface area contributed by atoms with Crippen molar-refractivity contribution in [3.8, 4) is 0 Å². The van der Waals surface area contributed by atoms with Gasteiger partial charge in [0.2, 0.25) is 5.91 Å². The van der Waals surface area contributed by atoms with Crippen molar-refractivity contribution in [2.45, 2.75) is 51.3 Å². The number of hydrogen-bond acceptors (Lipinski definition) is 6. The Morgan fingerprint density at radius 2 is 1.62 bits per heavy atom. The fourth-order valence-corrected chi connectivity index (χ4v) is 6.40. The molecule has 0 aliphatic carbocycles. The molecule has 0 spiro atoms. The minimum Gasteiger partial charge on any atom is -0.444 e. The topological polar surface area (TPSA) is 121 Å². The lowest BCUT2D eigenvalue weighted by Gasteiger charge is -2.25. The molecule has 4 amide bonds. The molecule has 1 aliphatic rings. The van der Waals surface area contributed by atoms with Crippen LogP contribution in [0.5, 0.6) is 0 Å². The first-order valence-electron chi connectivity index (χ1n) is 17.5. The van der Waals surface area contributed by atoms with E-state index in [0.29, 0.717) is 52.9 Å². The van der Waals surface area contributed by atoms with Crippen molar-refractivity contribution in [3.05, 3.63) is 143 Å². The fraction of sp³-hybridized carbons (Fsp3) is 0.262. The minimum atomic E-state index is -0.965. The molecule has 5 aromatic rings. The summed E-state index contributed by atoms with van der Waals surface area (Å²) in [6.07, 6.45) is 0.347.